The number of hydrogen-bond acceptors (Lipinski definition) is 5. The first-order chi connectivity index (χ1) is 9.19. The largest absolute Gasteiger partial charge is 0.497 e. The van der Waals surface area contributed by atoms with Gasteiger partial charge in [-0.25, -0.2) is 4.98 Å². The third-order valence-corrected chi connectivity index (χ3v) is 4.06. The van der Waals surface area contributed by atoms with E-state index >= 15 is 0 Å². The number of nitrogens with one attached hydrogen (secondary N) is 1. The van der Waals surface area contributed by atoms with Gasteiger partial charge in [0.2, 0.25) is 0 Å². The summed E-state index contributed by atoms with van der Waals surface area (Å²) in [5.74, 6) is 1.62. The third-order valence-electron chi connectivity index (χ3n) is 2.87. The van der Waals surface area contributed by atoms with Crippen LogP contribution in [0.25, 0.3) is 10.6 Å². The maximum absolute atomic E-state index is 5.40. The highest BCUT2D eigenvalue weighted by Gasteiger charge is 2.14. The van der Waals surface area contributed by atoms with E-state index in [0.717, 1.165) is 34.3 Å². The maximum Gasteiger partial charge on any atom is 0.129 e. The molecule has 2 aromatic rings. The first kappa shape index (κ1) is 13.8. The Kier molecular flexibility index (Phi) is 4.39. The molecule has 2 rings (SSSR count). The van der Waals surface area contributed by atoms with Gasteiger partial charge in [-0.2, -0.15) is 0 Å². The quantitative estimate of drug-likeness (QED) is 0.913. The smallest absolute Gasteiger partial charge is 0.129 e. The van der Waals surface area contributed by atoms with Crippen molar-refractivity contribution in [2.75, 3.05) is 21.3 Å². The average molecular weight is 278 g/mol. The van der Waals surface area contributed by atoms with E-state index in [2.05, 4.69) is 10.3 Å². The van der Waals surface area contributed by atoms with Crippen LogP contribution < -0.4 is 14.8 Å². The van der Waals surface area contributed by atoms with Gasteiger partial charge in [0.05, 0.1) is 25.5 Å². The molecule has 0 aliphatic carbocycles. The lowest BCUT2D eigenvalue weighted by Gasteiger charge is -2.08. The molecule has 0 unspecified atom stereocenters. The fraction of sp³-hybridized carbons (Fsp3) is 0.357. The molecule has 1 N–H and O–H groups in total. The lowest BCUT2D eigenvalue weighted by molar-refractivity contribution is 0.404. The molecule has 0 saturated carbocycles. The molecule has 102 valence electrons. The predicted octanol–water partition coefficient (Wildman–Crippen LogP) is 2.86. The van der Waals surface area contributed by atoms with E-state index in [4.69, 9.17) is 9.47 Å². The monoisotopic (exact) mass is 278 g/mol. The average Bonchev–Trinajstić information content (AvgIpc) is 2.80. The highest BCUT2D eigenvalue weighted by molar-refractivity contribution is 7.15. The van der Waals surface area contributed by atoms with E-state index in [1.165, 1.54) is 4.88 Å². The van der Waals surface area contributed by atoms with Gasteiger partial charge in [-0.1, -0.05) is 0 Å². The molecule has 1 aromatic carbocycles. The second kappa shape index (κ2) is 6.04. The van der Waals surface area contributed by atoms with E-state index in [1.54, 1.807) is 25.6 Å². The predicted molar refractivity (Wildman–Crippen MR) is 78.2 cm³/mol. The molecule has 0 amide bonds. The summed E-state index contributed by atoms with van der Waals surface area (Å²) in [6, 6.07) is 5.75. The Labute approximate surface area is 117 Å². The van der Waals surface area contributed by atoms with Gasteiger partial charge in [0.25, 0.3) is 0 Å². The number of hydrogen-bond donors (Lipinski definition) is 1. The molecule has 0 bridgehead atoms. The van der Waals surface area contributed by atoms with E-state index in [-0.39, 0.29) is 0 Å². The van der Waals surface area contributed by atoms with Crippen LogP contribution in [0.3, 0.4) is 0 Å². The number of ether oxygens (including phenoxy) is 2. The summed E-state index contributed by atoms with van der Waals surface area (Å²) in [6.45, 7) is 2.86. The van der Waals surface area contributed by atoms with Gasteiger partial charge in [0, 0.05) is 11.4 Å². The highest BCUT2D eigenvalue weighted by atomic mass is 32.1. The molecule has 0 aliphatic rings. The van der Waals surface area contributed by atoms with E-state index in [0.29, 0.717) is 0 Å². The first-order valence-electron chi connectivity index (χ1n) is 6.03. The fourth-order valence-corrected chi connectivity index (χ4v) is 2.94. The molecule has 1 heterocycles. The SMILES string of the molecule is CNCc1sc(-c2cc(OC)ccc2OC)nc1C. The van der Waals surface area contributed by atoms with Crippen molar-refractivity contribution in [1.29, 1.82) is 0 Å². The number of nitrogens with zero attached hydrogens (tertiary/aromatic N) is 1. The molecular weight excluding hydrogens is 260 g/mol. The zero-order chi connectivity index (χ0) is 13.8. The summed E-state index contributed by atoms with van der Waals surface area (Å²) in [5, 5.41) is 4.11. The van der Waals surface area contributed by atoms with E-state index in [1.807, 2.05) is 32.2 Å². The third kappa shape index (κ3) is 2.88. The minimum Gasteiger partial charge on any atom is -0.497 e. The molecule has 0 saturated heterocycles. The van der Waals surface area contributed by atoms with Crippen molar-refractivity contribution < 1.29 is 9.47 Å². The molecule has 19 heavy (non-hydrogen) atoms. The second-order valence-corrected chi connectivity index (χ2v) is 5.21. The van der Waals surface area contributed by atoms with Gasteiger partial charge in [0.1, 0.15) is 16.5 Å². The normalized spacial score (nSPS) is 10.5. The van der Waals surface area contributed by atoms with Gasteiger partial charge in [-0.05, 0) is 32.2 Å². The Hall–Kier alpha value is -1.59. The zero-order valence-electron chi connectivity index (χ0n) is 11.6. The number of aryl methyl sites for hydroxylation is 1. The molecule has 0 atom stereocenters. The van der Waals surface area contributed by atoms with Gasteiger partial charge in [-0.15, -0.1) is 11.3 Å². The van der Waals surface area contributed by atoms with Gasteiger partial charge in [-0.3, -0.25) is 0 Å². The lowest BCUT2D eigenvalue weighted by atomic mass is 10.2. The van der Waals surface area contributed by atoms with Crippen LogP contribution in [0.5, 0.6) is 11.5 Å². The maximum atomic E-state index is 5.40. The summed E-state index contributed by atoms with van der Waals surface area (Å²) >= 11 is 1.68. The minimum absolute atomic E-state index is 0.804. The second-order valence-electron chi connectivity index (χ2n) is 4.12. The number of aromatic nitrogens is 1. The number of methoxy groups -OCH3 is 2. The fourth-order valence-electron chi connectivity index (χ4n) is 1.85. The Balaban J connectivity index is 2.47. The molecule has 0 fully saturated rings. The van der Waals surface area contributed by atoms with E-state index < -0.39 is 0 Å². The number of rotatable bonds is 5. The van der Waals surface area contributed by atoms with Crippen LogP contribution >= 0.6 is 11.3 Å². The summed E-state index contributed by atoms with van der Waals surface area (Å²) in [7, 11) is 5.26. The van der Waals surface area contributed by atoms with Crippen molar-refractivity contribution in [1.82, 2.24) is 10.3 Å². The van der Waals surface area contributed by atoms with Crippen molar-refractivity contribution in [3.8, 4) is 22.1 Å². The van der Waals surface area contributed by atoms with Gasteiger partial charge in [0.15, 0.2) is 0 Å². The van der Waals surface area contributed by atoms with Crippen molar-refractivity contribution in [2.24, 2.45) is 0 Å². The van der Waals surface area contributed by atoms with Crippen LogP contribution in [0, 0.1) is 6.92 Å². The molecule has 0 aliphatic heterocycles. The zero-order valence-corrected chi connectivity index (χ0v) is 12.4. The highest BCUT2D eigenvalue weighted by Crippen LogP contribution is 2.36. The van der Waals surface area contributed by atoms with Crippen molar-refractivity contribution in [3.05, 3.63) is 28.8 Å². The van der Waals surface area contributed by atoms with Crippen molar-refractivity contribution in [2.45, 2.75) is 13.5 Å². The minimum atomic E-state index is 0.804. The molecule has 5 heteroatoms. The summed E-state index contributed by atoms with van der Waals surface area (Å²) < 4.78 is 10.7. The van der Waals surface area contributed by atoms with E-state index in [9.17, 15) is 0 Å². The van der Waals surface area contributed by atoms with Crippen LogP contribution in [0.4, 0.5) is 0 Å². The van der Waals surface area contributed by atoms with Crippen LogP contribution in [0.1, 0.15) is 10.6 Å². The van der Waals surface area contributed by atoms with Crippen LogP contribution in [0.15, 0.2) is 18.2 Å². The Bertz CT molecular complexity index is 567. The summed E-state index contributed by atoms with van der Waals surface area (Å²) in [5.41, 5.74) is 2.02. The van der Waals surface area contributed by atoms with Gasteiger partial charge >= 0.3 is 0 Å². The molecule has 1 aromatic heterocycles. The number of benzene rings is 1. The molecule has 0 radical (unpaired) electrons. The van der Waals surface area contributed by atoms with Crippen molar-refractivity contribution in [3.63, 3.8) is 0 Å². The van der Waals surface area contributed by atoms with Crippen LogP contribution in [0.2, 0.25) is 0 Å². The Morgan fingerprint density at radius 1 is 1.26 bits per heavy atom. The van der Waals surface area contributed by atoms with Crippen LogP contribution in [-0.2, 0) is 6.54 Å². The molecule has 0 spiro atoms. The molecule has 4 nitrogen and oxygen atoms in total. The van der Waals surface area contributed by atoms with Crippen LogP contribution in [-0.4, -0.2) is 26.3 Å². The number of thiazole rings is 1. The Morgan fingerprint density at radius 2 is 2.05 bits per heavy atom. The summed E-state index contributed by atoms with van der Waals surface area (Å²) in [4.78, 5) is 5.86. The molecular formula is C14H18N2O2S. The summed E-state index contributed by atoms with van der Waals surface area (Å²) in [6.07, 6.45) is 0. The first-order valence-corrected chi connectivity index (χ1v) is 6.84. The standard InChI is InChI=1S/C14H18N2O2S/c1-9-13(8-15-2)19-14(16-9)11-7-10(17-3)5-6-12(11)18-4/h5-7,15H,8H2,1-4H3. The topological polar surface area (TPSA) is 43.4 Å². The van der Waals surface area contributed by atoms with Gasteiger partial charge < -0.3 is 14.8 Å². The van der Waals surface area contributed by atoms with Crippen molar-refractivity contribution >= 4 is 11.3 Å². The lowest BCUT2D eigenvalue weighted by Crippen LogP contribution is -2.04. The Morgan fingerprint density at radius 3 is 2.68 bits per heavy atom.